The standard InChI is InChI=1S/C12H16ClFN2/c13-6-10-1-3-16(4-2-10)9-11-5-12(14)8-15-7-11/h5,7-8,10H,1-4,6,9H2. The van der Waals surface area contributed by atoms with Crippen LogP contribution in [0.1, 0.15) is 18.4 Å². The molecule has 1 aliphatic heterocycles. The largest absolute Gasteiger partial charge is 0.299 e. The van der Waals surface area contributed by atoms with Crippen LogP contribution in [0.15, 0.2) is 18.5 Å². The molecule has 0 amide bonds. The van der Waals surface area contributed by atoms with Crippen molar-refractivity contribution in [3.63, 3.8) is 0 Å². The number of pyridine rings is 1. The molecule has 1 saturated heterocycles. The molecule has 88 valence electrons. The van der Waals surface area contributed by atoms with Crippen molar-refractivity contribution in [3.05, 3.63) is 29.8 Å². The van der Waals surface area contributed by atoms with Crippen LogP contribution in [0.4, 0.5) is 4.39 Å². The molecule has 0 radical (unpaired) electrons. The summed E-state index contributed by atoms with van der Waals surface area (Å²) in [5.41, 5.74) is 0.948. The molecule has 2 nitrogen and oxygen atoms in total. The Morgan fingerprint density at radius 1 is 1.38 bits per heavy atom. The Morgan fingerprint density at radius 3 is 2.75 bits per heavy atom. The minimum absolute atomic E-state index is 0.256. The Kier molecular flexibility index (Phi) is 4.13. The van der Waals surface area contributed by atoms with E-state index < -0.39 is 0 Å². The van der Waals surface area contributed by atoms with Gasteiger partial charge in [-0.1, -0.05) is 0 Å². The molecule has 4 heteroatoms. The molecule has 0 aliphatic carbocycles. The first kappa shape index (κ1) is 11.8. The predicted octanol–water partition coefficient (Wildman–Crippen LogP) is 2.67. The number of rotatable bonds is 3. The summed E-state index contributed by atoms with van der Waals surface area (Å²) >= 11 is 5.83. The number of aromatic nitrogens is 1. The second kappa shape index (κ2) is 5.60. The first-order chi connectivity index (χ1) is 7.78. The summed E-state index contributed by atoms with van der Waals surface area (Å²) in [6.07, 6.45) is 5.26. The number of likely N-dealkylation sites (tertiary alicyclic amines) is 1. The average molecular weight is 243 g/mol. The molecule has 2 rings (SSSR count). The molecule has 0 bridgehead atoms. The molecule has 0 spiro atoms. The lowest BCUT2D eigenvalue weighted by Gasteiger charge is -2.30. The predicted molar refractivity (Wildman–Crippen MR) is 62.9 cm³/mol. The van der Waals surface area contributed by atoms with Crippen LogP contribution in [0.2, 0.25) is 0 Å². The summed E-state index contributed by atoms with van der Waals surface area (Å²) in [5.74, 6) is 1.16. The summed E-state index contributed by atoms with van der Waals surface area (Å²) < 4.78 is 12.9. The molecule has 2 heterocycles. The van der Waals surface area contributed by atoms with E-state index in [1.807, 2.05) is 0 Å². The zero-order valence-corrected chi connectivity index (χ0v) is 9.96. The van der Waals surface area contributed by atoms with Gasteiger partial charge >= 0.3 is 0 Å². The Labute approximate surface area is 100 Å². The van der Waals surface area contributed by atoms with Gasteiger partial charge in [-0.15, -0.1) is 11.6 Å². The van der Waals surface area contributed by atoms with Gasteiger partial charge in [-0.2, -0.15) is 0 Å². The van der Waals surface area contributed by atoms with Crippen molar-refractivity contribution in [2.24, 2.45) is 5.92 Å². The van der Waals surface area contributed by atoms with Gasteiger partial charge in [-0.05, 0) is 43.5 Å². The van der Waals surface area contributed by atoms with Crippen molar-refractivity contribution in [2.75, 3.05) is 19.0 Å². The fourth-order valence-electron chi connectivity index (χ4n) is 2.10. The number of nitrogens with zero attached hydrogens (tertiary/aromatic N) is 2. The molecule has 16 heavy (non-hydrogen) atoms. The molecule has 0 unspecified atom stereocenters. The van der Waals surface area contributed by atoms with E-state index in [1.165, 1.54) is 6.20 Å². The van der Waals surface area contributed by atoms with E-state index in [-0.39, 0.29) is 5.82 Å². The molecule has 1 fully saturated rings. The van der Waals surface area contributed by atoms with Crippen molar-refractivity contribution in [2.45, 2.75) is 19.4 Å². The SMILES string of the molecule is Fc1cncc(CN2CCC(CCl)CC2)c1. The Balaban J connectivity index is 1.87. The average Bonchev–Trinajstić information content (AvgIpc) is 2.30. The highest BCUT2D eigenvalue weighted by Gasteiger charge is 2.18. The van der Waals surface area contributed by atoms with E-state index in [1.54, 1.807) is 12.3 Å². The number of alkyl halides is 1. The van der Waals surface area contributed by atoms with Crippen molar-refractivity contribution in [3.8, 4) is 0 Å². The lowest BCUT2D eigenvalue weighted by Crippen LogP contribution is -2.33. The molecule has 0 atom stereocenters. The highest BCUT2D eigenvalue weighted by Crippen LogP contribution is 2.19. The quantitative estimate of drug-likeness (QED) is 0.758. The van der Waals surface area contributed by atoms with Crippen LogP contribution in [-0.4, -0.2) is 28.9 Å². The van der Waals surface area contributed by atoms with Gasteiger partial charge in [0.25, 0.3) is 0 Å². The molecule has 1 aliphatic rings. The smallest absolute Gasteiger partial charge is 0.141 e. The van der Waals surface area contributed by atoms with Crippen molar-refractivity contribution in [1.29, 1.82) is 0 Å². The maximum atomic E-state index is 12.9. The third kappa shape index (κ3) is 3.16. The van der Waals surface area contributed by atoms with Gasteiger partial charge in [-0.25, -0.2) is 4.39 Å². The summed E-state index contributed by atoms with van der Waals surface area (Å²) in [5, 5.41) is 0. The number of hydrogen-bond acceptors (Lipinski definition) is 2. The third-order valence-corrected chi connectivity index (χ3v) is 3.53. The van der Waals surface area contributed by atoms with Gasteiger partial charge in [0.1, 0.15) is 5.82 Å². The van der Waals surface area contributed by atoms with Gasteiger partial charge in [0.2, 0.25) is 0 Å². The Morgan fingerprint density at radius 2 is 2.12 bits per heavy atom. The monoisotopic (exact) mass is 242 g/mol. The van der Waals surface area contributed by atoms with E-state index in [0.717, 1.165) is 43.9 Å². The second-order valence-corrected chi connectivity index (χ2v) is 4.69. The van der Waals surface area contributed by atoms with E-state index in [9.17, 15) is 4.39 Å². The first-order valence-corrected chi connectivity index (χ1v) is 6.19. The van der Waals surface area contributed by atoms with Crippen molar-refractivity contribution < 1.29 is 4.39 Å². The van der Waals surface area contributed by atoms with Gasteiger partial charge in [0.05, 0.1) is 6.20 Å². The van der Waals surface area contributed by atoms with Crippen LogP contribution < -0.4 is 0 Å². The number of hydrogen-bond donors (Lipinski definition) is 0. The van der Waals surface area contributed by atoms with Gasteiger partial charge in [0, 0.05) is 18.6 Å². The van der Waals surface area contributed by atoms with Gasteiger partial charge in [-0.3, -0.25) is 9.88 Å². The molecule has 1 aromatic heterocycles. The highest BCUT2D eigenvalue weighted by molar-refractivity contribution is 6.18. The number of piperidine rings is 1. The maximum Gasteiger partial charge on any atom is 0.141 e. The van der Waals surface area contributed by atoms with Crippen LogP contribution in [0, 0.1) is 11.7 Å². The minimum atomic E-state index is -0.256. The van der Waals surface area contributed by atoms with Crippen LogP contribution in [-0.2, 0) is 6.54 Å². The number of halogens is 2. The topological polar surface area (TPSA) is 16.1 Å². The molecule has 0 N–H and O–H groups in total. The Hall–Kier alpha value is -0.670. The van der Waals surface area contributed by atoms with E-state index in [2.05, 4.69) is 9.88 Å². The van der Waals surface area contributed by atoms with E-state index in [4.69, 9.17) is 11.6 Å². The normalized spacial score (nSPS) is 18.9. The van der Waals surface area contributed by atoms with Crippen LogP contribution in [0.25, 0.3) is 0 Å². The zero-order valence-electron chi connectivity index (χ0n) is 9.20. The summed E-state index contributed by atoms with van der Waals surface area (Å²) in [7, 11) is 0. The van der Waals surface area contributed by atoms with Crippen LogP contribution in [0.5, 0.6) is 0 Å². The lowest BCUT2D eigenvalue weighted by molar-refractivity contribution is 0.186. The molecule has 0 saturated carbocycles. The zero-order chi connectivity index (χ0) is 11.4. The Bertz CT molecular complexity index is 338. The minimum Gasteiger partial charge on any atom is -0.299 e. The third-order valence-electron chi connectivity index (χ3n) is 3.09. The summed E-state index contributed by atoms with van der Waals surface area (Å²) in [6, 6.07) is 1.56. The second-order valence-electron chi connectivity index (χ2n) is 4.39. The highest BCUT2D eigenvalue weighted by atomic mass is 35.5. The summed E-state index contributed by atoms with van der Waals surface area (Å²) in [6.45, 7) is 2.89. The van der Waals surface area contributed by atoms with Crippen molar-refractivity contribution >= 4 is 11.6 Å². The molecule has 1 aromatic rings. The maximum absolute atomic E-state index is 12.9. The van der Waals surface area contributed by atoms with Crippen LogP contribution >= 0.6 is 11.6 Å². The van der Waals surface area contributed by atoms with Crippen molar-refractivity contribution in [1.82, 2.24) is 9.88 Å². The molecular weight excluding hydrogens is 227 g/mol. The van der Waals surface area contributed by atoms with E-state index in [0.29, 0.717) is 5.92 Å². The fraction of sp³-hybridized carbons (Fsp3) is 0.583. The molecule has 0 aromatic carbocycles. The lowest BCUT2D eigenvalue weighted by atomic mass is 9.99. The fourth-order valence-corrected chi connectivity index (χ4v) is 2.41. The summed E-state index contributed by atoms with van der Waals surface area (Å²) in [4.78, 5) is 6.19. The first-order valence-electron chi connectivity index (χ1n) is 5.65. The van der Waals surface area contributed by atoms with Gasteiger partial charge in [0.15, 0.2) is 0 Å². The van der Waals surface area contributed by atoms with E-state index >= 15 is 0 Å². The van der Waals surface area contributed by atoms with Crippen LogP contribution in [0.3, 0.4) is 0 Å². The molecular formula is C12H16ClFN2. The van der Waals surface area contributed by atoms with Gasteiger partial charge < -0.3 is 0 Å².